The van der Waals surface area contributed by atoms with E-state index in [1.54, 1.807) is 29.2 Å². The van der Waals surface area contributed by atoms with Crippen molar-refractivity contribution in [1.82, 2.24) is 0 Å². The van der Waals surface area contributed by atoms with Crippen molar-refractivity contribution >= 4 is 29.2 Å². The molecule has 0 bridgehead atoms. The normalized spacial score (nSPS) is 9.67. The topological polar surface area (TPSA) is 84.9 Å². The Morgan fingerprint density at radius 1 is 1.05 bits per heavy atom. The first-order valence-electron chi connectivity index (χ1n) is 6.28. The molecule has 7 heteroatoms. The molecule has 0 unspecified atom stereocenters. The number of rotatable bonds is 6. The summed E-state index contributed by atoms with van der Waals surface area (Å²) in [4.78, 5) is 34.4. The van der Waals surface area contributed by atoms with Crippen molar-refractivity contribution in [1.29, 1.82) is 0 Å². The monoisotopic (exact) mass is 294 g/mol. The molecule has 0 aliphatic carbocycles. The molecule has 0 aliphatic rings. The van der Waals surface area contributed by atoms with Crippen LogP contribution >= 0.6 is 0 Å². The number of carbonyl (C=O) groups excluding carboxylic acids is 3. The molecule has 0 radical (unpaired) electrons. The minimum Gasteiger partial charge on any atom is -0.444 e. The molecule has 0 spiro atoms. The summed E-state index contributed by atoms with van der Waals surface area (Å²) in [7, 11) is 0. The minimum absolute atomic E-state index is 0.0634. The number of benzene rings is 1. The van der Waals surface area contributed by atoms with Crippen LogP contribution in [0.5, 0.6) is 0 Å². The van der Waals surface area contributed by atoms with Crippen LogP contribution < -0.4 is 10.2 Å². The predicted molar refractivity (Wildman–Crippen MR) is 76.5 cm³/mol. The van der Waals surface area contributed by atoms with Gasteiger partial charge in [-0.1, -0.05) is 6.07 Å². The molecule has 7 nitrogen and oxygen atoms in total. The molecular weight excluding hydrogens is 276 g/mol. The van der Waals surface area contributed by atoms with E-state index in [4.69, 9.17) is 9.47 Å². The second-order valence-corrected chi connectivity index (χ2v) is 4.30. The first-order chi connectivity index (χ1) is 9.88. The molecule has 0 saturated heterocycles. The van der Waals surface area contributed by atoms with E-state index in [0.29, 0.717) is 11.4 Å². The Hall–Kier alpha value is -2.57. The van der Waals surface area contributed by atoms with Crippen LogP contribution in [0, 0.1) is 0 Å². The molecular formula is C14H18N2O5. The van der Waals surface area contributed by atoms with Gasteiger partial charge in [0.2, 0.25) is 5.91 Å². The fraction of sp³-hybridized carbons (Fsp3) is 0.357. The van der Waals surface area contributed by atoms with E-state index < -0.39 is 11.9 Å². The lowest BCUT2D eigenvalue weighted by atomic mass is 10.2. The van der Waals surface area contributed by atoms with E-state index in [1.807, 2.05) is 0 Å². The van der Waals surface area contributed by atoms with Gasteiger partial charge in [0.1, 0.15) is 0 Å². The lowest BCUT2D eigenvalue weighted by Gasteiger charge is -2.23. The Balaban J connectivity index is 2.86. The second kappa shape index (κ2) is 7.88. The Bertz CT molecular complexity index is 512. The molecule has 0 fully saturated rings. The number of carbonyl (C=O) groups is 3. The zero-order valence-corrected chi connectivity index (χ0v) is 12.2. The SMILES string of the molecule is CC(=O)Nc1cccc(N(COC(C)=O)COC(C)=O)c1. The molecule has 1 N–H and O–H groups in total. The van der Waals surface area contributed by atoms with Crippen LogP contribution in [0.25, 0.3) is 0 Å². The number of hydrogen-bond donors (Lipinski definition) is 1. The van der Waals surface area contributed by atoms with Crippen molar-refractivity contribution < 1.29 is 23.9 Å². The van der Waals surface area contributed by atoms with Crippen molar-refractivity contribution in [3.05, 3.63) is 24.3 Å². The summed E-state index contributed by atoms with van der Waals surface area (Å²) in [6, 6.07) is 6.89. The van der Waals surface area contributed by atoms with Crippen molar-refractivity contribution in [2.45, 2.75) is 20.8 Å². The number of nitrogens with zero attached hydrogens (tertiary/aromatic N) is 1. The van der Waals surface area contributed by atoms with Gasteiger partial charge in [0, 0.05) is 32.1 Å². The highest BCUT2D eigenvalue weighted by Gasteiger charge is 2.10. The van der Waals surface area contributed by atoms with Gasteiger partial charge in [-0.15, -0.1) is 0 Å². The average Bonchev–Trinajstić information content (AvgIpc) is 2.37. The first kappa shape index (κ1) is 16.5. The maximum Gasteiger partial charge on any atom is 0.304 e. The van der Waals surface area contributed by atoms with E-state index in [1.165, 1.54) is 20.8 Å². The molecule has 0 atom stereocenters. The highest BCUT2D eigenvalue weighted by Crippen LogP contribution is 2.19. The quantitative estimate of drug-likeness (QED) is 0.632. The Kier molecular flexibility index (Phi) is 6.19. The van der Waals surface area contributed by atoms with Crippen LogP contribution in [0.2, 0.25) is 0 Å². The standard InChI is InChI=1S/C14H18N2O5/c1-10(17)15-13-5-4-6-14(7-13)16(8-20-11(2)18)9-21-12(3)19/h4-7H,8-9H2,1-3H3,(H,15,17). The van der Waals surface area contributed by atoms with Crippen LogP contribution in [0.4, 0.5) is 11.4 Å². The molecule has 1 aromatic rings. The van der Waals surface area contributed by atoms with Gasteiger partial charge in [-0.2, -0.15) is 0 Å². The van der Waals surface area contributed by atoms with Gasteiger partial charge in [0.15, 0.2) is 13.5 Å². The number of ether oxygens (including phenoxy) is 2. The summed E-state index contributed by atoms with van der Waals surface area (Å²) in [5.41, 5.74) is 1.24. The highest BCUT2D eigenvalue weighted by atomic mass is 16.6. The molecule has 0 aromatic heterocycles. The lowest BCUT2D eigenvalue weighted by molar-refractivity contribution is -0.143. The maximum atomic E-state index is 11.1. The smallest absolute Gasteiger partial charge is 0.304 e. The molecule has 21 heavy (non-hydrogen) atoms. The largest absolute Gasteiger partial charge is 0.444 e. The predicted octanol–water partition coefficient (Wildman–Crippen LogP) is 1.49. The number of hydrogen-bond acceptors (Lipinski definition) is 6. The number of anilines is 2. The average molecular weight is 294 g/mol. The van der Waals surface area contributed by atoms with Crippen LogP contribution in [0.15, 0.2) is 24.3 Å². The second-order valence-electron chi connectivity index (χ2n) is 4.30. The zero-order chi connectivity index (χ0) is 15.8. The van der Waals surface area contributed by atoms with Crippen molar-refractivity contribution in [2.24, 2.45) is 0 Å². The van der Waals surface area contributed by atoms with Gasteiger partial charge in [-0.3, -0.25) is 14.4 Å². The molecule has 1 rings (SSSR count). The van der Waals surface area contributed by atoms with Crippen LogP contribution in [-0.2, 0) is 23.9 Å². The third kappa shape index (κ3) is 6.42. The number of nitrogens with one attached hydrogen (secondary N) is 1. The number of esters is 2. The van der Waals surface area contributed by atoms with Gasteiger partial charge >= 0.3 is 11.9 Å². The summed E-state index contributed by atoms with van der Waals surface area (Å²) >= 11 is 0. The first-order valence-corrected chi connectivity index (χ1v) is 6.28. The maximum absolute atomic E-state index is 11.1. The molecule has 114 valence electrons. The summed E-state index contributed by atoms with van der Waals surface area (Å²) < 4.78 is 9.84. The van der Waals surface area contributed by atoms with E-state index in [9.17, 15) is 14.4 Å². The van der Waals surface area contributed by atoms with E-state index in [-0.39, 0.29) is 19.4 Å². The van der Waals surface area contributed by atoms with Gasteiger partial charge in [-0.05, 0) is 18.2 Å². The molecule has 0 saturated carbocycles. The van der Waals surface area contributed by atoms with Gasteiger partial charge in [0.25, 0.3) is 0 Å². The fourth-order valence-corrected chi connectivity index (χ4v) is 1.51. The van der Waals surface area contributed by atoms with E-state index in [0.717, 1.165) is 0 Å². The van der Waals surface area contributed by atoms with Gasteiger partial charge < -0.3 is 19.7 Å². The third-order valence-electron chi connectivity index (χ3n) is 2.38. The van der Waals surface area contributed by atoms with Gasteiger partial charge in [-0.25, -0.2) is 0 Å². The van der Waals surface area contributed by atoms with Crippen LogP contribution in [-0.4, -0.2) is 31.3 Å². The summed E-state index contributed by atoms with van der Waals surface area (Å²) in [6.45, 7) is 3.86. The number of amides is 1. The summed E-state index contributed by atoms with van der Waals surface area (Å²) in [6.07, 6.45) is 0. The van der Waals surface area contributed by atoms with E-state index in [2.05, 4.69) is 5.32 Å². The van der Waals surface area contributed by atoms with Crippen LogP contribution in [0.3, 0.4) is 0 Å². The van der Waals surface area contributed by atoms with Crippen LogP contribution in [0.1, 0.15) is 20.8 Å². The summed E-state index contributed by atoms with van der Waals surface area (Å²) in [5, 5.41) is 2.65. The molecule has 1 amide bonds. The van der Waals surface area contributed by atoms with Crippen molar-refractivity contribution in [3.8, 4) is 0 Å². The van der Waals surface area contributed by atoms with Gasteiger partial charge in [0.05, 0.1) is 0 Å². The molecule has 1 aromatic carbocycles. The van der Waals surface area contributed by atoms with E-state index >= 15 is 0 Å². The Morgan fingerprint density at radius 2 is 1.62 bits per heavy atom. The highest BCUT2D eigenvalue weighted by molar-refractivity contribution is 5.89. The summed E-state index contributed by atoms with van der Waals surface area (Å²) in [5.74, 6) is -1.08. The molecule has 0 heterocycles. The molecule has 0 aliphatic heterocycles. The zero-order valence-electron chi connectivity index (χ0n) is 12.2. The minimum atomic E-state index is -0.444. The Morgan fingerprint density at radius 3 is 2.10 bits per heavy atom. The lowest BCUT2D eigenvalue weighted by Crippen LogP contribution is -2.30. The van der Waals surface area contributed by atoms with Crippen molar-refractivity contribution in [3.63, 3.8) is 0 Å². The fourth-order valence-electron chi connectivity index (χ4n) is 1.51. The van der Waals surface area contributed by atoms with Crippen molar-refractivity contribution in [2.75, 3.05) is 23.7 Å². The third-order valence-corrected chi connectivity index (χ3v) is 2.38. The Labute approximate surface area is 122 Å².